The average Bonchev–Trinajstić information content (AvgIpc) is 3.52. The molecule has 1 aliphatic rings. The van der Waals surface area contributed by atoms with Crippen LogP contribution in [0.2, 0.25) is 5.02 Å². The van der Waals surface area contributed by atoms with E-state index < -0.39 is 0 Å². The minimum atomic E-state index is -0.186. The molecule has 1 amide bonds. The summed E-state index contributed by atoms with van der Waals surface area (Å²) in [7, 11) is 0. The number of furan rings is 1. The molecule has 0 saturated carbocycles. The quantitative estimate of drug-likeness (QED) is 0.424. The molecule has 2 aromatic carbocycles. The van der Waals surface area contributed by atoms with E-state index in [-0.39, 0.29) is 18.5 Å². The highest BCUT2D eigenvalue weighted by Crippen LogP contribution is 2.34. The van der Waals surface area contributed by atoms with Gasteiger partial charge in [-0.3, -0.25) is 9.36 Å². The van der Waals surface area contributed by atoms with Crippen LogP contribution in [-0.4, -0.2) is 33.2 Å². The normalized spacial score (nSPS) is 12.2. The predicted molar refractivity (Wildman–Crippen MR) is 116 cm³/mol. The molecule has 0 atom stereocenters. The van der Waals surface area contributed by atoms with Crippen molar-refractivity contribution < 1.29 is 18.7 Å². The molecule has 156 valence electrons. The van der Waals surface area contributed by atoms with Gasteiger partial charge in [0.15, 0.2) is 22.4 Å². The number of hydrogen-bond donors (Lipinski definition) is 1. The highest BCUT2D eigenvalue weighted by molar-refractivity contribution is 7.99. The molecule has 0 bridgehead atoms. The van der Waals surface area contributed by atoms with Crippen LogP contribution in [0, 0.1) is 0 Å². The van der Waals surface area contributed by atoms with Crippen LogP contribution in [0.3, 0.4) is 0 Å². The third kappa shape index (κ3) is 4.10. The number of benzene rings is 2. The SMILES string of the molecule is O=C(CSc1nnc(-c2ccco2)n1-c1ccc(Cl)cc1)Nc1ccc2c(c1)OCO2. The van der Waals surface area contributed by atoms with Gasteiger partial charge in [0.2, 0.25) is 18.5 Å². The average molecular weight is 455 g/mol. The lowest BCUT2D eigenvalue weighted by atomic mass is 10.3. The topological polar surface area (TPSA) is 91.4 Å². The number of halogens is 1. The Labute approximate surface area is 186 Å². The maximum Gasteiger partial charge on any atom is 0.234 e. The Morgan fingerprint density at radius 1 is 1.10 bits per heavy atom. The van der Waals surface area contributed by atoms with Crippen LogP contribution in [0.15, 0.2) is 70.4 Å². The zero-order valence-corrected chi connectivity index (χ0v) is 17.5. The van der Waals surface area contributed by atoms with Crippen LogP contribution >= 0.6 is 23.4 Å². The first kappa shape index (κ1) is 19.5. The Kier molecular flexibility index (Phi) is 5.27. The Balaban J connectivity index is 1.35. The van der Waals surface area contributed by atoms with Crippen LogP contribution in [0.25, 0.3) is 17.3 Å². The number of ether oxygens (including phenoxy) is 2. The lowest BCUT2D eigenvalue weighted by Crippen LogP contribution is -2.14. The number of nitrogens with one attached hydrogen (secondary N) is 1. The molecule has 4 aromatic rings. The van der Waals surface area contributed by atoms with Crippen molar-refractivity contribution in [3.63, 3.8) is 0 Å². The second-order valence-electron chi connectivity index (χ2n) is 6.50. The van der Waals surface area contributed by atoms with Gasteiger partial charge in [-0.1, -0.05) is 23.4 Å². The minimum Gasteiger partial charge on any atom is -0.461 e. The van der Waals surface area contributed by atoms with E-state index in [4.69, 9.17) is 25.5 Å². The van der Waals surface area contributed by atoms with E-state index in [9.17, 15) is 4.79 Å². The summed E-state index contributed by atoms with van der Waals surface area (Å²) in [6, 6.07) is 16.1. The molecule has 0 spiro atoms. The fourth-order valence-corrected chi connectivity index (χ4v) is 3.93. The maximum atomic E-state index is 12.5. The van der Waals surface area contributed by atoms with E-state index in [2.05, 4.69) is 15.5 Å². The summed E-state index contributed by atoms with van der Waals surface area (Å²) >= 11 is 7.30. The van der Waals surface area contributed by atoms with Gasteiger partial charge in [0, 0.05) is 22.5 Å². The predicted octanol–water partition coefficient (Wildman–Crippen LogP) is 4.64. The maximum absolute atomic E-state index is 12.5. The lowest BCUT2D eigenvalue weighted by Gasteiger charge is -2.10. The molecule has 5 rings (SSSR count). The van der Waals surface area contributed by atoms with E-state index in [0.717, 1.165) is 5.69 Å². The molecule has 0 saturated heterocycles. The third-order valence-electron chi connectivity index (χ3n) is 4.45. The van der Waals surface area contributed by atoms with Gasteiger partial charge in [-0.15, -0.1) is 10.2 Å². The first-order valence-corrected chi connectivity index (χ1v) is 10.6. The van der Waals surface area contributed by atoms with E-state index in [1.54, 1.807) is 48.7 Å². The van der Waals surface area contributed by atoms with Crippen molar-refractivity contribution in [1.29, 1.82) is 0 Å². The number of thioether (sulfide) groups is 1. The molecule has 0 aliphatic carbocycles. The van der Waals surface area contributed by atoms with E-state index in [1.807, 2.05) is 16.7 Å². The number of amides is 1. The Bertz CT molecular complexity index is 1220. The van der Waals surface area contributed by atoms with Gasteiger partial charge < -0.3 is 19.2 Å². The third-order valence-corrected chi connectivity index (χ3v) is 5.63. The van der Waals surface area contributed by atoms with Gasteiger partial charge in [0.25, 0.3) is 0 Å². The first-order valence-electron chi connectivity index (χ1n) is 9.25. The summed E-state index contributed by atoms with van der Waals surface area (Å²) in [5, 5.41) is 12.5. The van der Waals surface area contributed by atoms with Gasteiger partial charge in [-0.25, -0.2) is 0 Å². The highest BCUT2D eigenvalue weighted by atomic mass is 35.5. The molecule has 3 heterocycles. The zero-order chi connectivity index (χ0) is 21.2. The van der Waals surface area contributed by atoms with Crippen molar-refractivity contribution in [3.05, 3.63) is 65.9 Å². The van der Waals surface area contributed by atoms with Gasteiger partial charge in [0.05, 0.1) is 12.0 Å². The molecule has 0 radical (unpaired) electrons. The summed E-state index contributed by atoms with van der Waals surface area (Å²) in [4.78, 5) is 12.5. The number of rotatable bonds is 6. The number of hydrogen-bond acceptors (Lipinski definition) is 7. The summed E-state index contributed by atoms with van der Waals surface area (Å²) in [5.74, 6) is 2.32. The number of carbonyl (C=O) groups excluding carboxylic acids is 1. The molecule has 31 heavy (non-hydrogen) atoms. The lowest BCUT2D eigenvalue weighted by molar-refractivity contribution is -0.113. The van der Waals surface area contributed by atoms with Crippen LogP contribution < -0.4 is 14.8 Å². The molecule has 8 nitrogen and oxygen atoms in total. The number of carbonyl (C=O) groups is 1. The molecule has 2 aromatic heterocycles. The van der Waals surface area contributed by atoms with Crippen molar-refractivity contribution in [2.24, 2.45) is 0 Å². The summed E-state index contributed by atoms with van der Waals surface area (Å²) in [6.45, 7) is 0.181. The van der Waals surface area contributed by atoms with Crippen LogP contribution in [0.5, 0.6) is 11.5 Å². The number of aromatic nitrogens is 3. The Morgan fingerprint density at radius 3 is 2.74 bits per heavy atom. The molecule has 0 fully saturated rings. The van der Waals surface area contributed by atoms with Crippen LogP contribution in [-0.2, 0) is 4.79 Å². The Hall–Kier alpha value is -3.43. The van der Waals surface area contributed by atoms with Gasteiger partial charge >= 0.3 is 0 Å². The van der Waals surface area contributed by atoms with E-state index in [0.29, 0.717) is 39.0 Å². The van der Waals surface area contributed by atoms with Crippen molar-refractivity contribution in [3.8, 4) is 28.8 Å². The summed E-state index contributed by atoms with van der Waals surface area (Å²) in [6.07, 6.45) is 1.57. The van der Waals surface area contributed by atoms with Gasteiger partial charge in [-0.05, 0) is 48.5 Å². The second-order valence-corrected chi connectivity index (χ2v) is 7.88. The molecular weight excluding hydrogens is 440 g/mol. The molecule has 0 unspecified atom stereocenters. The molecule has 1 aliphatic heterocycles. The van der Waals surface area contributed by atoms with Crippen LogP contribution in [0.1, 0.15) is 0 Å². The fourth-order valence-electron chi connectivity index (χ4n) is 3.05. The fraction of sp³-hybridized carbons (Fsp3) is 0.0952. The number of nitrogens with zero attached hydrogens (tertiary/aromatic N) is 3. The largest absolute Gasteiger partial charge is 0.461 e. The van der Waals surface area contributed by atoms with Crippen molar-refractivity contribution >= 4 is 35.0 Å². The van der Waals surface area contributed by atoms with Crippen LogP contribution in [0.4, 0.5) is 5.69 Å². The van der Waals surface area contributed by atoms with Crippen molar-refractivity contribution in [1.82, 2.24) is 14.8 Å². The Morgan fingerprint density at radius 2 is 1.94 bits per heavy atom. The number of fused-ring (bicyclic) bond motifs is 1. The van der Waals surface area contributed by atoms with Crippen molar-refractivity contribution in [2.45, 2.75) is 5.16 Å². The second kappa shape index (κ2) is 8.37. The number of anilines is 1. The van der Waals surface area contributed by atoms with E-state index in [1.165, 1.54) is 11.8 Å². The van der Waals surface area contributed by atoms with Crippen molar-refractivity contribution in [2.75, 3.05) is 17.9 Å². The minimum absolute atomic E-state index is 0.137. The standard InChI is InChI=1S/C21H15ClN4O4S/c22-13-3-6-15(7-4-13)26-20(17-2-1-9-28-17)24-25-21(26)31-11-19(27)23-14-5-8-16-18(10-14)30-12-29-16/h1-10H,11-12H2,(H,23,27). The molecule has 1 N–H and O–H groups in total. The highest BCUT2D eigenvalue weighted by Gasteiger charge is 2.19. The van der Waals surface area contributed by atoms with Gasteiger partial charge in [-0.2, -0.15) is 0 Å². The first-order chi connectivity index (χ1) is 15.2. The summed E-state index contributed by atoms with van der Waals surface area (Å²) in [5.41, 5.74) is 1.43. The zero-order valence-electron chi connectivity index (χ0n) is 15.9. The van der Waals surface area contributed by atoms with Gasteiger partial charge in [0.1, 0.15) is 0 Å². The smallest absolute Gasteiger partial charge is 0.234 e. The monoisotopic (exact) mass is 454 g/mol. The molecular formula is C21H15ClN4O4S. The molecule has 10 heteroatoms. The summed E-state index contributed by atoms with van der Waals surface area (Å²) < 4.78 is 18.0. The van der Waals surface area contributed by atoms with E-state index >= 15 is 0 Å².